The molecule has 0 aromatic rings. The third kappa shape index (κ3) is 3.37. The summed E-state index contributed by atoms with van der Waals surface area (Å²) in [5, 5.41) is 11.4. The Morgan fingerprint density at radius 1 is 1.61 bits per heavy atom. The number of morpholine rings is 1. The van der Waals surface area contributed by atoms with E-state index in [2.05, 4.69) is 11.2 Å². The van der Waals surface area contributed by atoms with Crippen LogP contribution in [0.1, 0.15) is 20.3 Å². The van der Waals surface area contributed by atoms with Crippen molar-refractivity contribution in [1.82, 2.24) is 10.2 Å². The molecule has 0 spiro atoms. The maximum atomic E-state index is 12.0. The highest BCUT2D eigenvalue weighted by Gasteiger charge is 2.35. The lowest BCUT2D eigenvalue weighted by Crippen LogP contribution is -2.60. The smallest absolute Gasteiger partial charge is 0.327 e. The number of hydrogen-bond donors (Lipinski definition) is 2. The summed E-state index contributed by atoms with van der Waals surface area (Å²) in [7, 11) is 0. The highest BCUT2D eigenvalue weighted by Crippen LogP contribution is 2.18. The number of carboxylic acids is 1. The molecule has 1 rings (SSSR count). The number of terminal acetylenes is 1. The van der Waals surface area contributed by atoms with Crippen LogP contribution in [0.2, 0.25) is 0 Å². The van der Waals surface area contributed by atoms with E-state index in [0.29, 0.717) is 19.8 Å². The fourth-order valence-corrected chi connectivity index (χ4v) is 1.78. The second-order valence-corrected chi connectivity index (χ2v) is 4.77. The van der Waals surface area contributed by atoms with Gasteiger partial charge in [0.1, 0.15) is 6.04 Å². The van der Waals surface area contributed by atoms with Gasteiger partial charge in [-0.25, -0.2) is 9.59 Å². The van der Waals surface area contributed by atoms with Crippen LogP contribution in [0.5, 0.6) is 0 Å². The van der Waals surface area contributed by atoms with Crippen molar-refractivity contribution in [3.05, 3.63) is 0 Å². The van der Waals surface area contributed by atoms with Gasteiger partial charge in [0.2, 0.25) is 0 Å². The normalized spacial score (nSPS) is 19.7. The van der Waals surface area contributed by atoms with Crippen LogP contribution in [-0.4, -0.2) is 53.3 Å². The Bertz CT molecular complexity index is 373. The van der Waals surface area contributed by atoms with Crippen molar-refractivity contribution in [2.75, 3.05) is 19.8 Å². The molecule has 2 amide bonds. The molecule has 6 nitrogen and oxygen atoms in total. The van der Waals surface area contributed by atoms with Crippen LogP contribution in [0.4, 0.5) is 4.79 Å². The quantitative estimate of drug-likeness (QED) is 0.709. The van der Waals surface area contributed by atoms with Crippen LogP contribution in [-0.2, 0) is 9.53 Å². The highest BCUT2D eigenvalue weighted by molar-refractivity contribution is 5.83. The van der Waals surface area contributed by atoms with Crippen molar-refractivity contribution in [2.24, 2.45) is 0 Å². The zero-order valence-electron chi connectivity index (χ0n) is 10.6. The van der Waals surface area contributed by atoms with E-state index in [1.807, 2.05) is 13.8 Å². The van der Waals surface area contributed by atoms with Gasteiger partial charge in [-0.05, 0) is 13.8 Å². The first-order valence-electron chi connectivity index (χ1n) is 5.70. The van der Waals surface area contributed by atoms with Gasteiger partial charge in [0, 0.05) is 13.0 Å². The van der Waals surface area contributed by atoms with Crippen LogP contribution in [0, 0.1) is 12.3 Å². The predicted octanol–water partition coefficient (Wildman–Crippen LogP) is 0.283. The lowest BCUT2D eigenvalue weighted by Gasteiger charge is -2.42. The lowest BCUT2D eigenvalue weighted by molar-refractivity contribution is -0.139. The summed E-state index contributed by atoms with van der Waals surface area (Å²) < 4.78 is 5.29. The van der Waals surface area contributed by atoms with Crippen molar-refractivity contribution in [3.63, 3.8) is 0 Å². The molecule has 1 unspecified atom stereocenters. The highest BCUT2D eigenvalue weighted by atomic mass is 16.5. The number of hydrogen-bond acceptors (Lipinski definition) is 3. The topological polar surface area (TPSA) is 78.9 Å². The molecular weight excluding hydrogens is 236 g/mol. The molecule has 100 valence electrons. The summed E-state index contributed by atoms with van der Waals surface area (Å²) in [6.45, 7) is 5.03. The van der Waals surface area contributed by atoms with Gasteiger partial charge in [0.15, 0.2) is 0 Å². The number of carbonyl (C=O) groups is 2. The maximum Gasteiger partial charge on any atom is 0.327 e. The van der Waals surface area contributed by atoms with Crippen molar-refractivity contribution in [3.8, 4) is 12.3 Å². The summed E-state index contributed by atoms with van der Waals surface area (Å²) in [5.41, 5.74) is -0.457. The molecule has 1 aliphatic rings. The van der Waals surface area contributed by atoms with E-state index in [4.69, 9.17) is 16.3 Å². The molecule has 0 saturated carbocycles. The molecule has 1 heterocycles. The average molecular weight is 254 g/mol. The Hall–Kier alpha value is -1.74. The van der Waals surface area contributed by atoms with Crippen LogP contribution in [0.3, 0.4) is 0 Å². The fourth-order valence-electron chi connectivity index (χ4n) is 1.78. The number of rotatable bonds is 3. The lowest BCUT2D eigenvalue weighted by atomic mass is 10.0. The van der Waals surface area contributed by atoms with Gasteiger partial charge in [-0.15, -0.1) is 12.3 Å². The van der Waals surface area contributed by atoms with Gasteiger partial charge < -0.3 is 20.1 Å². The molecule has 1 aliphatic heterocycles. The van der Waals surface area contributed by atoms with Gasteiger partial charge in [0.25, 0.3) is 0 Å². The van der Waals surface area contributed by atoms with Crippen molar-refractivity contribution in [1.29, 1.82) is 0 Å². The molecule has 1 atom stereocenters. The van der Waals surface area contributed by atoms with E-state index in [9.17, 15) is 9.59 Å². The molecule has 0 bridgehead atoms. The Labute approximate surface area is 106 Å². The van der Waals surface area contributed by atoms with E-state index in [1.165, 1.54) is 0 Å². The Morgan fingerprint density at radius 3 is 2.78 bits per heavy atom. The fraction of sp³-hybridized carbons (Fsp3) is 0.667. The standard InChI is InChI=1S/C12H18N2O4/c1-4-5-9(10(15)16)13-11(17)14-6-7-18-8-12(14,2)3/h1,9H,5-8H2,2-3H3,(H,13,17)(H,15,16). The zero-order valence-corrected chi connectivity index (χ0v) is 10.6. The maximum absolute atomic E-state index is 12.0. The van der Waals surface area contributed by atoms with Crippen LogP contribution in [0.15, 0.2) is 0 Å². The number of carboxylic acid groups (broad SMARTS) is 1. The first-order valence-corrected chi connectivity index (χ1v) is 5.70. The van der Waals surface area contributed by atoms with E-state index >= 15 is 0 Å². The number of carbonyl (C=O) groups excluding carboxylic acids is 1. The molecular formula is C12H18N2O4. The minimum atomic E-state index is -1.13. The van der Waals surface area contributed by atoms with E-state index in [0.717, 1.165) is 0 Å². The van der Waals surface area contributed by atoms with E-state index in [-0.39, 0.29) is 6.42 Å². The third-order valence-corrected chi connectivity index (χ3v) is 2.81. The average Bonchev–Trinajstić information content (AvgIpc) is 2.27. The van der Waals surface area contributed by atoms with Crippen LogP contribution >= 0.6 is 0 Å². The largest absolute Gasteiger partial charge is 0.480 e. The predicted molar refractivity (Wildman–Crippen MR) is 65.0 cm³/mol. The second-order valence-electron chi connectivity index (χ2n) is 4.77. The molecule has 0 aromatic carbocycles. The molecule has 6 heteroatoms. The summed E-state index contributed by atoms with van der Waals surface area (Å²) in [6.07, 6.45) is 5.04. The monoisotopic (exact) mass is 254 g/mol. The van der Waals surface area contributed by atoms with Gasteiger partial charge in [0.05, 0.1) is 18.8 Å². The number of nitrogens with zero attached hydrogens (tertiary/aromatic N) is 1. The van der Waals surface area contributed by atoms with E-state index < -0.39 is 23.6 Å². The first-order chi connectivity index (χ1) is 8.38. The molecule has 1 saturated heterocycles. The minimum Gasteiger partial charge on any atom is -0.480 e. The molecule has 1 fully saturated rings. The Kier molecular flexibility index (Phi) is 4.56. The van der Waals surface area contributed by atoms with Gasteiger partial charge >= 0.3 is 12.0 Å². The Morgan fingerprint density at radius 2 is 2.28 bits per heavy atom. The SMILES string of the molecule is C#CCC(NC(=O)N1CCOCC1(C)C)C(=O)O. The van der Waals surface area contributed by atoms with E-state index in [1.54, 1.807) is 4.90 Å². The molecule has 18 heavy (non-hydrogen) atoms. The number of ether oxygens (including phenoxy) is 1. The van der Waals surface area contributed by atoms with Crippen molar-refractivity contribution in [2.45, 2.75) is 31.8 Å². The van der Waals surface area contributed by atoms with Crippen LogP contribution < -0.4 is 5.32 Å². The second kappa shape index (κ2) is 5.74. The van der Waals surface area contributed by atoms with Crippen molar-refractivity contribution >= 4 is 12.0 Å². The summed E-state index contributed by atoms with van der Waals surface area (Å²) in [6, 6.07) is -1.48. The first kappa shape index (κ1) is 14.3. The minimum absolute atomic E-state index is 0.0359. The van der Waals surface area contributed by atoms with Crippen LogP contribution in [0.25, 0.3) is 0 Å². The number of amides is 2. The van der Waals surface area contributed by atoms with Gasteiger partial charge in [-0.3, -0.25) is 0 Å². The van der Waals surface area contributed by atoms with Crippen molar-refractivity contribution < 1.29 is 19.4 Å². The zero-order chi connectivity index (χ0) is 13.8. The van der Waals surface area contributed by atoms with Gasteiger partial charge in [-0.1, -0.05) is 0 Å². The third-order valence-electron chi connectivity index (χ3n) is 2.81. The molecule has 0 aliphatic carbocycles. The summed E-state index contributed by atoms with van der Waals surface area (Å²) in [4.78, 5) is 24.5. The Balaban J connectivity index is 2.69. The molecule has 0 aromatic heterocycles. The number of nitrogens with one attached hydrogen (secondary N) is 1. The number of aliphatic carboxylic acids is 1. The summed E-state index contributed by atoms with van der Waals surface area (Å²) in [5.74, 6) is 1.11. The number of urea groups is 1. The molecule has 2 N–H and O–H groups in total. The molecule has 0 radical (unpaired) electrons. The summed E-state index contributed by atoms with van der Waals surface area (Å²) >= 11 is 0. The van der Waals surface area contributed by atoms with Gasteiger partial charge in [-0.2, -0.15) is 0 Å².